The maximum Gasteiger partial charge on any atom is 0.281 e. The second-order valence-corrected chi connectivity index (χ2v) is 7.61. The summed E-state index contributed by atoms with van der Waals surface area (Å²) in [4.78, 5) is 4.73. The van der Waals surface area contributed by atoms with Crippen molar-refractivity contribution < 1.29 is 9.13 Å². The zero-order valence-electron chi connectivity index (χ0n) is 17.9. The lowest BCUT2D eigenvalue weighted by Gasteiger charge is -2.14. The minimum Gasteiger partial charge on any atom is -0.250 e. The van der Waals surface area contributed by atoms with Crippen molar-refractivity contribution in [1.29, 1.82) is 0 Å². The summed E-state index contributed by atoms with van der Waals surface area (Å²) in [7, 11) is 2.17. The first kappa shape index (κ1) is 19.2. The lowest BCUT2D eigenvalue weighted by molar-refractivity contribution is -0.700. The molecule has 0 aliphatic heterocycles. The maximum absolute atomic E-state index is 4.73. The third-order valence-corrected chi connectivity index (χ3v) is 6.02. The molecule has 140 valence electrons. The molecular formula is C24H31N3+2. The molecule has 3 heterocycles. The Morgan fingerprint density at radius 2 is 1.44 bits per heavy atom. The molecule has 0 atom stereocenters. The van der Waals surface area contributed by atoms with E-state index < -0.39 is 0 Å². The molecule has 3 nitrogen and oxygen atoms in total. The molecule has 0 aliphatic carbocycles. The van der Waals surface area contributed by atoms with E-state index >= 15 is 0 Å². The lowest BCUT2D eigenvalue weighted by Crippen LogP contribution is -2.43. The topological polar surface area (TPSA) is 20.6 Å². The number of rotatable bonds is 3. The molecule has 3 aromatic rings. The van der Waals surface area contributed by atoms with Crippen LogP contribution in [0, 0.1) is 41.5 Å². The first-order valence-electron chi connectivity index (χ1n) is 9.70. The Balaban J connectivity index is 2.42. The van der Waals surface area contributed by atoms with Crippen LogP contribution in [-0.4, -0.2) is 4.98 Å². The molecule has 0 bridgehead atoms. The van der Waals surface area contributed by atoms with E-state index in [0.717, 1.165) is 17.9 Å². The van der Waals surface area contributed by atoms with Gasteiger partial charge in [0.2, 0.25) is 5.69 Å². The summed E-state index contributed by atoms with van der Waals surface area (Å²) in [6.07, 6.45) is 4.12. The molecule has 0 amide bonds. The molecule has 0 saturated carbocycles. The van der Waals surface area contributed by atoms with Gasteiger partial charge in [-0.05, 0) is 76.8 Å². The SMILES string of the molecule is CC[n+]1ccc(C)c(C)c1-c1c(C)c(C)cc(-c2nccc(C)c2C)[n+]1C. The van der Waals surface area contributed by atoms with E-state index in [1.54, 1.807) is 0 Å². The monoisotopic (exact) mass is 361 g/mol. The fourth-order valence-corrected chi connectivity index (χ4v) is 3.80. The molecule has 0 fully saturated rings. The largest absolute Gasteiger partial charge is 0.281 e. The Morgan fingerprint density at radius 3 is 2.11 bits per heavy atom. The Kier molecular flexibility index (Phi) is 5.14. The quantitative estimate of drug-likeness (QED) is 0.634. The average Bonchev–Trinajstić information content (AvgIpc) is 2.64. The molecule has 3 heteroatoms. The highest BCUT2D eigenvalue weighted by molar-refractivity contribution is 5.65. The molecule has 0 saturated heterocycles. The van der Waals surface area contributed by atoms with E-state index in [1.807, 2.05) is 6.20 Å². The highest BCUT2D eigenvalue weighted by Gasteiger charge is 2.31. The van der Waals surface area contributed by atoms with E-state index in [0.29, 0.717) is 0 Å². The van der Waals surface area contributed by atoms with Crippen LogP contribution < -0.4 is 9.13 Å². The molecule has 0 N–H and O–H groups in total. The molecule has 0 aliphatic rings. The maximum atomic E-state index is 4.73. The third-order valence-electron chi connectivity index (χ3n) is 6.02. The van der Waals surface area contributed by atoms with Crippen LogP contribution in [0.3, 0.4) is 0 Å². The van der Waals surface area contributed by atoms with Gasteiger partial charge < -0.3 is 0 Å². The van der Waals surface area contributed by atoms with E-state index in [4.69, 9.17) is 4.98 Å². The van der Waals surface area contributed by atoms with Crippen LogP contribution in [0.2, 0.25) is 0 Å². The van der Waals surface area contributed by atoms with E-state index in [2.05, 4.69) is 89.0 Å². The summed E-state index contributed by atoms with van der Waals surface area (Å²) in [5.41, 5.74) is 12.6. The van der Waals surface area contributed by atoms with Gasteiger partial charge in [0.25, 0.3) is 11.4 Å². The minimum absolute atomic E-state index is 0.945. The number of aryl methyl sites for hydroxylation is 4. The van der Waals surface area contributed by atoms with Gasteiger partial charge in [-0.3, -0.25) is 0 Å². The second kappa shape index (κ2) is 7.22. The lowest BCUT2D eigenvalue weighted by atomic mass is 9.97. The van der Waals surface area contributed by atoms with Crippen molar-refractivity contribution in [3.63, 3.8) is 0 Å². The Bertz CT molecular complexity index is 1030. The molecule has 0 spiro atoms. The van der Waals surface area contributed by atoms with Crippen LogP contribution in [0.15, 0.2) is 30.6 Å². The van der Waals surface area contributed by atoms with Crippen molar-refractivity contribution in [3.05, 3.63) is 64.0 Å². The van der Waals surface area contributed by atoms with Crippen molar-refractivity contribution in [2.75, 3.05) is 0 Å². The van der Waals surface area contributed by atoms with Crippen molar-refractivity contribution in [2.45, 2.75) is 55.0 Å². The molecule has 0 unspecified atom stereocenters. The van der Waals surface area contributed by atoms with Crippen molar-refractivity contribution in [1.82, 2.24) is 4.98 Å². The third kappa shape index (κ3) is 3.16. The number of nitrogens with zero attached hydrogens (tertiary/aromatic N) is 3. The van der Waals surface area contributed by atoms with E-state index in [-0.39, 0.29) is 0 Å². The minimum atomic E-state index is 0.945. The highest BCUT2D eigenvalue weighted by atomic mass is 15.0. The first-order chi connectivity index (χ1) is 12.8. The van der Waals surface area contributed by atoms with Crippen molar-refractivity contribution in [3.8, 4) is 22.8 Å². The summed E-state index contributed by atoms with van der Waals surface area (Å²) in [5.74, 6) is 0. The Hall–Kier alpha value is -2.55. The van der Waals surface area contributed by atoms with Gasteiger partial charge in [0.15, 0.2) is 6.20 Å². The summed E-state index contributed by atoms with van der Waals surface area (Å²) in [5, 5.41) is 0. The molecule has 3 aromatic heterocycles. The zero-order valence-corrected chi connectivity index (χ0v) is 17.9. The van der Waals surface area contributed by atoms with Gasteiger partial charge in [-0.15, -0.1) is 0 Å². The second-order valence-electron chi connectivity index (χ2n) is 7.61. The van der Waals surface area contributed by atoms with E-state index in [9.17, 15) is 0 Å². The molecule has 3 rings (SSSR count). The molecule has 0 aromatic carbocycles. The number of aromatic nitrogens is 3. The van der Waals surface area contributed by atoms with E-state index in [1.165, 1.54) is 44.8 Å². The smallest absolute Gasteiger partial charge is 0.250 e. The normalized spacial score (nSPS) is 11.1. The Morgan fingerprint density at radius 1 is 0.815 bits per heavy atom. The fourth-order valence-electron chi connectivity index (χ4n) is 3.80. The first-order valence-corrected chi connectivity index (χ1v) is 9.70. The fraction of sp³-hybridized carbons (Fsp3) is 0.375. The van der Waals surface area contributed by atoms with Crippen LogP contribution in [-0.2, 0) is 13.6 Å². The summed E-state index contributed by atoms with van der Waals surface area (Å²) in [6.45, 7) is 16.3. The highest BCUT2D eigenvalue weighted by Crippen LogP contribution is 2.28. The van der Waals surface area contributed by atoms with Crippen LogP contribution in [0.5, 0.6) is 0 Å². The number of hydrogen-bond donors (Lipinski definition) is 0. The predicted octanol–water partition coefficient (Wildman–Crippen LogP) is 4.40. The standard InChI is InChI=1S/C24H31N3/c1-9-27-13-11-16(3)19(6)24(27)23-20(7)17(4)14-21(26(23)8)22-18(5)15(2)10-12-25-22/h10-14H,9H2,1-8H3/q+2. The van der Waals surface area contributed by atoms with Crippen molar-refractivity contribution in [2.24, 2.45) is 7.05 Å². The van der Waals surface area contributed by atoms with Gasteiger partial charge in [-0.1, -0.05) is 0 Å². The summed E-state index contributed by atoms with van der Waals surface area (Å²) < 4.78 is 4.68. The van der Waals surface area contributed by atoms with Gasteiger partial charge in [-0.25, -0.2) is 4.98 Å². The molecular weight excluding hydrogens is 330 g/mol. The van der Waals surface area contributed by atoms with Gasteiger partial charge in [0.1, 0.15) is 19.3 Å². The zero-order chi connectivity index (χ0) is 19.9. The van der Waals surface area contributed by atoms with Gasteiger partial charge in [-0.2, -0.15) is 9.13 Å². The van der Waals surface area contributed by atoms with Gasteiger partial charge in [0, 0.05) is 29.5 Å². The number of pyridine rings is 3. The van der Waals surface area contributed by atoms with Crippen molar-refractivity contribution >= 4 is 0 Å². The van der Waals surface area contributed by atoms with Crippen LogP contribution >= 0.6 is 0 Å². The summed E-state index contributed by atoms with van der Waals surface area (Å²) >= 11 is 0. The number of hydrogen-bond acceptors (Lipinski definition) is 1. The van der Waals surface area contributed by atoms with Crippen LogP contribution in [0.4, 0.5) is 0 Å². The van der Waals surface area contributed by atoms with Gasteiger partial charge in [0.05, 0.1) is 0 Å². The molecule has 0 radical (unpaired) electrons. The summed E-state index contributed by atoms with van der Waals surface area (Å²) in [6, 6.07) is 6.56. The van der Waals surface area contributed by atoms with Gasteiger partial charge >= 0.3 is 0 Å². The van der Waals surface area contributed by atoms with Crippen LogP contribution in [0.25, 0.3) is 22.8 Å². The average molecular weight is 362 g/mol. The molecule has 27 heavy (non-hydrogen) atoms. The predicted molar refractivity (Wildman–Crippen MR) is 111 cm³/mol. The Labute approximate surface area is 163 Å². The van der Waals surface area contributed by atoms with Crippen LogP contribution in [0.1, 0.15) is 40.3 Å².